The molecule has 2 aromatic rings. The van der Waals surface area contributed by atoms with Crippen LogP contribution in [-0.2, 0) is 4.74 Å². The topological polar surface area (TPSA) is 42.7 Å². The van der Waals surface area contributed by atoms with Crippen LogP contribution in [0.1, 0.15) is 18.4 Å². The molecule has 1 saturated heterocycles. The normalized spacial score (nSPS) is 23.8. The second kappa shape index (κ2) is 6.29. The molecule has 4 heteroatoms. The summed E-state index contributed by atoms with van der Waals surface area (Å²) in [6, 6.07) is 7.47. The van der Waals surface area contributed by atoms with E-state index in [-0.39, 0.29) is 11.3 Å². The number of anilines is 1. The lowest BCUT2D eigenvalue weighted by Crippen LogP contribution is -2.36. The van der Waals surface area contributed by atoms with Crippen LogP contribution in [0.15, 0.2) is 57.8 Å². The average molecular weight is 323 g/mol. The highest BCUT2D eigenvalue weighted by Gasteiger charge is 2.22. The molecule has 2 heterocycles. The highest BCUT2D eigenvalue weighted by atomic mass is 16.5. The predicted molar refractivity (Wildman–Crippen MR) is 95.7 cm³/mol. The third-order valence-electron chi connectivity index (χ3n) is 4.86. The number of ether oxygens (including phenoxy) is 1. The van der Waals surface area contributed by atoms with Crippen LogP contribution in [0.5, 0.6) is 0 Å². The van der Waals surface area contributed by atoms with E-state index in [9.17, 15) is 4.79 Å². The van der Waals surface area contributed by atoms with Crippen LogP contribution in [-0.4, -0.2) is 26.3 Å². The molecule has 0 bridgehead atoms. The van der Waals surface area contributed by atoms with Gasteiger partial charge < -0.3 is 14.1 Å². The summed E-state index contributed by atoms with van der Waals surface area (Å²) in [6.07, 6.45) is 8.50. The molecule has 1 aromatic heterocycles. The van der Waals surface area contributed by atoms with Crippen LogP contribution < -0.4 is 10.3 Å². The third kappa shape index (κ3) is 2.67. The first-order chi connectivity index (χ1) is 11.7. The zero-order valence-electron chi connectivity index (χ0n) is 13.8. The highest BCUT2D eigenvalue weighted by molar-refractivity contribution is 5.81. The molecule has 24 heavy (non-hydrogen) atoms. The van der Waals surface area contributed by atoms with Gasteiger partial charge in [0, 0.05) is 30.6 Å². The van der Waals surface area contributed by atoms with Gasteiger partial charge in [-0.3, -0.25) is 4.79 Å². The largest absolute Gasteiger partial charge is 0.440 e. The monoisotopic (exact) mass is 323 g/mol. The van der Waals surface area contributed by atoms with Gasteiger partial charge in [-0.1, -0.05) is 43.4 Å². The number of nitrogens with zero attached hydrogens (tertiary/aromatic N) is 1. The molecule has 0 radical (unpaired) electrons. The van der Waals surface area contributed by atoms with E-state index in [1.165, 1.54) is 0 Å². The van der Waals surface area contributed by atoms with Gasteiger partial charge in [-0.2, -0.15) is 0 Å². The SMILES string of the molecule is CC1C=CC=CC1c1cccc2c(=O)cc(N3CCOCC3)oc12. The number of allylic oxidation sites excluding steroid dienone is 4. The number of rotatable bonds is 2. The van der Waals surface area contributed by atoms with Crippen LogP contribution in [0, 0.1) is 5.92 Å². The summed E-state index contributed by atoms with van der Waals surface area (Å²) in [4.78, 5) is 14.7. The van der Waals surface area contributed by atoms with Crippen molar-refractivity contribution < 1.29 is 9.15 Å². The molecule has 1 aliphatic carbocycles. The Morgan fingerprint density at radius 1 is 1.12 bits per heavy atom. The Morgan fingerprint density at radius 3 is 2.71 bits per heavy atom. The van der Waals surface area contributed by atoms with E-state index < -0.39 is 0 Å². The van der Waals surface area contributed by atoms with Crippen molar-refractivity contribution in [2.75, 3.05) is 31.2 Å². The van der Waals surface area contributed by atoms with Crippen LogP contribution in [0.4, 0.5) is 5.88 Å². The van der Waals surface area contributed by atoms with Crippen molar-refractivity contribution in [3.8, 4) is 0 Å². The van der Waals surface area contributed by atoms with E-state index in [1.54, 1.807) is 6.07 Å². The fourth-order valence-corrected chi connectivity index (χ4v) is 3.49. The van der Waals surface area contributed by atoms with Gasteiger partial charge in [0.2, 0.25) is 0 Å². The molecule has 2 atom stereocenters. The second-order valence-corrected chi connectivity index (χ2v) is 6.43. The van der Waals surface area contributed by atoms with Crippen molar-refractivity contribution >= 4 is 16.9 Å². The smallest absolute Gasteiger partial charge is 0.200 e. The summed E-state index contributed by atoms with van der Waals surface area (Å²) >= 11 is 0. The van der Waals surface area contributed by atoms with Gasteiger partial charge in [0.1, 0.15) is 5.58 Å². The van der Waals surface area contributed by atoms with E-state index in [2.05, 4.69) is 42.2 Å². The molecule has 4 rings (SSSR count). The fourth-order valence-electron chi connectivity index (χ4n) is 3.49. The van der Waals surface area contributed by atoms with E-state index in [0.717, 1.165) is 18.7 Å². The summed E-state index contributed by atoms with van der Waals surface area (Å²) in [7, 11) is 0. The summed E-state index contributed by atoms with van der Waals surface area (Å²) in [5, 5.41) is 0.652. The Bertz CT molecular complexity index is 859. The zero-order valence-corrected chi connectivity index (χ0v) is 13.8. The van der Waals surface area contributed by atoms with Gasteiger partial charge in [-0.05, 0) is 12.0 Å². The Labute approximate surface area is 141 Å². The third-order valence-corrected chi connectivity index (χ3v) is 4.86. The number of morpholine rings is 1. The first-order valence-corrected chi connectivity index (χ1v) is 8.48. The van der Waals surface area contributed by atoms with Crippen LogP contribution in [0.2, 0.25) is 0 Å². The van der Waals surface area contributed by atoms with Gasteiger partial charge >= 0.3 is 0 Å². The first-order valence-electron chi connectivity index (χ1n) is 8.48. The second-order valence-electron chi connectivity index (χ2n) is 6.43. The maximum Gasteiger partial charge on any atom is 0.200 e. The predicted octanol–water partition coefficient (Wildman–Crippen LogP) is 3.48. The number of hydrogen-bond acceptors (Lipinski definition) is 4. The number of hydrogen-bond donors (Lipinski definition) is 0. The van der Waals surface area contributed by atoms with E-state index in [0.29, 0.717) is 36.0 Å². The molecule has 1 aromatic carbocycles. The first kappa shape index (κ1) is 15.2. The van der Waals surface area contributed by atoms with Crippen LogP contribution in [0.25, 0.3) is 11.0 Å². The molecule has 1 fully saturated rings. The average Bonchev–Trinajstić information content (AvgIpc) is 2.63. The number of para-hydroxylation sites is 1. The lowest BCUT2D eigenvalue weighted by molar-refractivity contribution is 0.121. The van der Waals surface area contributed by atoms with Gasteiger partial charge in [-0.15, -0.1) is 0 Å². The van der Waals surface area contributed by atoms with Gasteiger partial charge in [0.05, 0.1) is 18.6 Å². The molecule has 0 spiro atoms. The van der Waals surface area contributed by atoms with Gasteiger partial charge in [0.25, 0.3) is 0 Å². The quantitative estimate of drug-likeness (QED) is 0.849. The maximum atomic E-state index is 12.6. The van der Waals surface area contributed by atoms with Gasteiger partial charge in [-0.25, -0.2) is 0 Å². The van der Waals surface area contributed by atoms with E-state index in [1.807, 2.05) is 12.1 Å². The van der Waals surface area contributed by atoms with Crippen molar-refractivity contribution in [1.29, 1.82) is 0 Å². The summed E-state index contributed by atoms with van der Waals surface area (Å²) in [6.45, 7) is 5.01. The Kier molecular flexibility index (Phi) is 3.98. The number of fused-ring (bicyclic) bond motifs is 1. The van der Waals surface area contributed by atoms with Crippen molar-refractivity contribution in [3.63, 3.8) is 0 Å². The molecule has 1 aliphatic heterocycles. The molecular formula is C20H21NO3. The molecule has 0 N–H and O–H groups in total. The lowest BCUT2D eigenvalue weighted by Gasteiger charge is -2.28. The Hall–Kier alpha value is -2.33. The van der Waals surface area contributed by atoms with Gasteiger partial charge in [0.15, 0.2) is 11.3 Å². The molecular weight excluding hydrogens is 302 g/mol. The molecule has 0 amide bonds. The zero-order chi connectivity index (χ0) is 16.5. The fraction of sp³-hybridized carbons (Fsp3) is 0.350. The van der Waals surface area contributed by atoms with Crippen molar-refractivity contribution in [2.45, 2.75) is 12.8 Å². The maximum absolute atomic E-state index is 12.6. The minimum atomic E-state index is 0.0163. The summed E-state index contributed by atoms with van der Waals surface area (Å²) in [5.74, 6) is 1.24. The van der Waals surface area contributed by atoms with Crippen molar-refractivity contribution in [3.05, 3.63) is 64.4 Å². The Balaban J connectivity index is 1.85. The lowest BCUT2D eigenvalue weighted by atomic mass is 9.83. The minimum Gasteiger partial charge on any atom is -0.440 e. The summed E-state index contributed by atoms with van der Waals surface area (Å²) < 4.78 is 11.6. The van der Waals surface area contributed by atoms with Crippen molar-refractivity contribution in [1.82, 2.24) is 0 Å². The highest BCUT2D eigenvalue weighted by Crippen LogP contribution is 2.35. The summed E-state index contributed by atoms with van der Waals surface area (Å²) in [5.41, 5.74) is 1.80. The van der Waals surface area contributed by atoms with Crippen molar-refractivity contribution in [2.24, 2.45) is 5.92 Å². The number of benzene rings is 1. The van der Waals surface area contributed by atoms with Crippen LogP contribution in [0.3, 0.4) is 0 Å². The minimum absolute atomic E-state index is 0.0163. The standard InChI is InChI=1S/C20H21NO3/c1-14-5-2-3-6-15(14)16-7-4-8-17-18(22)13-19(24-20(16)17)21-9-11-23-12-10-21/h2-8,13-15H,9-12H2,1H3. The molecule has 2 aliphatic rings. The molecule has 4 nitrogen and oxygen atoms in total. The van der Waals surface area contributed by atoms with E-state index in [4.69, 9.17) is 9.15 Å². The molecule has 2 unspecified atom stereocenters. The molecule has 0 saturated carbocycles. The van der Waals surface area contributed by atoms with Crippen LogP contribution >= 0.6 is 0 Å². The Morgan fingerprint density at radius 2 is 1.92 bits per heavy atom. The van der Waals surface area contributed by atoms with E-state index >= 15 is 0 Å². The molecule has 124 valence electrons.